The highest BCUT2D eigenvalue weighted by Gasteiger charge is 2.14. The van der Waals surface area contributed by atoms with Crippen molar-refractivity contribution in [3.8, 4) is 11.3 Å². The summed E-state index contributed by atoms with van der Waals surface area (Å²) in [5.74, 6) is 0. The summed E-state index contributed by atoms with van der Waals surface area (Å²) in [6.07, 6.45) is 1.15. The number of nitrogens with zero attached hydrogens (tertiary/aromatic N) is 2. The summed E-state index contributed by atoms with van der Waals surface area (Å²) in [7, 11) is 0. The lowest BCUT2D eigenvalue weighted by Crippen LogP contribution is -3.14. The van der Waals surface area contributed by atoms with Gasteiger partial charge in [-0.15, -0.1) is 11.3 Å². The molecule has 28 heavy (non-hydrogen) atoms. The molecule has 0 radical (unpaired) electrons. The first-order chi connectivity index (χ1) is 13.8. The van der Waals surface area contributed by atoms with Crippen LogP contribution in [0, 0.1) is 6.92 Å². The van der Waals surface area contributed by atoms with E-state index in [1.807, 2.05) is 0 Å². The molecule has 0 spiro atoms. The minimum absolute atomic E-state index is 0.893. The van der Waals surface area contributed by atoms with Crippen LogP contribution in [-0.2, 0) is 11.3 Å². The second-order valence-corrected chi connectivity index (χ2v) is 8.12. The molecule has 5 heteroatoms. The Morgan fingerprint density at radius 2 is 1.79 bits per heavy atom. The van der Waals surface area contributed by atoms with Crippen LogP contribution in [0.5, 0.6) is 0 Å². The average molecular weight is 395 g/mol. The third kappa shape index (κ3) is 4.61. The number of quaternary nitrogens is 1. The van der Waals surface area contributed by atoms with E-state index in [-0.39, 0.29) is 0 Å². The van der Waals surface area contributed by atoms with Gasteiger partial charge in [-0.3, -0.25) is 0 Å². The molecule has 1 N–H and O–H groups in total. The predicted molar refractivity (Wildman–Crippen MR) is 115 cm³/mol. The normalized spacial score (nSPS) is 15.8. The number of ether oxygens (including phenoxy) is 1. The van der Waals surface area contributed by atoms with Gasteiger partial charge in [0.2, 0.25) is 0 Å². The summed E-state index contributed by atoms with van der Waals surface area (Å²) in [6.45, 7) is 8.33. The van der Waals surface area contributed by atoms with E-state index >= 15 is 0 Å². The lowest BCUT2D eigenvalue weighted by atomic mass is 10.2. The number of thiazole rings is 1. The van der Waals surface area contributed by atoms with Crippen molar-refractivity contribution in [3.05, 3.63) is 70.3 Å². The SMILES string of the molecule is Cc1ccccc1N=c1scc(-c2ccccc2)n1CCC[NH+]1CCOCC1. The average Bonchev–Trinajstić information content (AvgIpc) is 3.14. The van der Waals surface area contributed by atoms with Crippen LogP contribution in [0.1, 0.15) is 12.0 Å². The van der Waals surface area contributed by atoms with Crippen molar-refractivity contribution in [2.45, 2.75) is 19.9 Å². The first-order valence-corrected chi connectivity index (χ1v) is 10.9. The number of nitrogens with one attached hydrogen (secondary N) is 1. The number of rotatable bonds is 6. The monoisotopic (exact) mass is 394 g/mol. The second kappa shape index (κ2) is 9.32. The Bertz CT molecular complexity index is 955. The van der Waals surface area contributed by atoms with Crippen LogP contribution < -0.4 is 9.70 Å². The highest BCUT2D eigenvalue weighted by molar-refractivity contribution is 7.07. The Kier molecular flexibility index (Phi) is 6.37. The molecule has 1 aliphatic rings. The number of hydrogen-bond acceptors (Lipinski definition) is 3. The molecule has 0 amide bonds. The van der Waals surface area contributed by atoms with E-state index < -0.39 is 0 Å². The molecule has 0 saturated carbocycles. The van der Waals surface area contributed by atoms with Gasteiger partial charge in [0.15, 0.2) is 4.80 Å². The van der Waals surface area contributed by atoms with Gasteiger partial charge < -0.3 is 14.2 Å². The highest BCUT2D eigenvalue weighted by atomic mass is 32.1. The Labute approximate surface area is 170 Å². The van der Waals surface area contributed by atoms with Gasteiger partial charge in [0.1, 0.15) is 13.1 Å². The Balaban J connectivity index is 1.62. The number of aromatic nitrogens is 1. The smallest absolute Gasteiger partial charge is 0.190 e. The van der Waals surface area contributed by atoms with Crippen LogP contribution in [0.15, 0.2) is 65.0 Å². The fourth-order valence-corrected chi connectivity index (χ4v) is 4.61. The minimum Gasteiger partial charge on any atom is -0.370 e. The van der Waals surface area contributed by atoms with Crippen LogP contribution in [-0.4, -0.2) is 37.4 Å². The third-order valence-corrected chi connectivity index (χ3v) is 6.17. The molecule has 4 rings (SSSR count). The van der Waals surface area contributed by atoms with Gasteiger partial charge in [-0.2, -0.15) is 0 Å². The van der Waals surface area contributed by atoms with Crippen LogP contribution in [0.3, 0.4) is 0 Å². The second-order valence-electron chi connectivity index (χ2n) is 7.29. The lowest BCUT2D eigenvalue weighted by molar-refractivity contribution is -0.908. The molecular formula is C23H28N3OS+. The van der Waals surface area contributed by atoms with E-state index in [9.17, 15) is 0 Å². The van der Waals surface area contributed by atoms with Crippen molar-refractivity contribution >= 4 is 17.0 Å². The highest BCUT2D eigenvalue weighted by Crippen LogP contribution is 2.22. The molecule has 1 fully saturated rings. The predicted octanol–water partition coefficient (Wildman–Crippen LogP) is 3.06. The van der Waals surface area contributed by atoms with Crippen LogP contribution in [0.25, 0.3) is 11.3 Å². The molecule has 3 aromatic rings. The summed E-state index contributed by atoms with van der Waals surface area (Å²) in [4.78, 5) is 7.73. The summed E-state index contributed by atoms with van der Waals surface area (Å²) >= 11 is 1.73. The Morgan fingerprint density at radius 1 is 1.04 bits per heavy atom. The number of aryl methyl sites for hydroxylation is 1. The van der Waals surface area contributed by atoms with Crippen molar-refractivity contribution in [1.82, 2.24) is 4.57 Å². The molecule has 0 atom stereocenters. The molecule has 146 valence electrons. The molecule has 1 aromatic heterocycles. The number of para-hydroxylation sites is 1. The van der Waals surface area contributed by atoms with Gasteiger partial charge in [0, 0.05) is 18.3 Å². The first-order valence-electron chi connectivity index (χ1n) is 10.1. The lowest BCUT2D eigenvalue weighted by Gasteiger charge is -2.23. The first kappa shape index (κ1) is 19.1. The van der Waals surface area contributed by atoms with E-state index in [1.54, 1.807) is 16.2 Å². The standard InChI is InChI=1S/C23H27N3OS/c1-19-8-5-6-11-21(19)24-23-26(13-7-12-25-14-16-27-17-15-25)22(18-28-23)20-9-3-2-4-10-20/h2-6,8-11,18H,7,12-17H2,1H3/p+1. The van der Waals surface area contributed by atoms with Crippen molar-refractivity contribution in [2.24, 2.45) is 4.99 Å². The fraction of sp³-hybridized carbons (Fsp3) is 0.348. The summed E-state index contributed by atoms with van der Waals surface area (Å²) in [5, 5.41) is 2.24. The van der Waals surface area contributed by atoms with E-state index in [2.05, 4.69) is 71.5 Å². The molecule has 4 nitrogen and oxygen atoms in total. The zero-order chi connectivity index (χ0) is 19.2. The number of morpholine rings is 1. The molecule has 1 aliphatic heterocycles. The summed E-state index contributed by atoms with van der Waals surface area (Å²) < 4.78 is 7.88. The topological polar surface area (TPSA) is 31.0 Å². The van der Waals surface area contributed by atoms with E-state index in [4.69, 9.17) is 9.73 Å². The van der Waals surface area contributed by atoms with Crippen LogP contribution in [0.4, 0.5) is 5.69 Å². The molecule has 2 heterocycles. The molecule has 2 aromatic carbocycles. The minimum atomic E-state index is 0.893. The molecule has 0 unspecified atom stereocenters. The van der Waals surface area contributed by atoms with Crippen LogP contribution in [0.2, 0.25) is 0 Å². The van der Waals surface area contributed by atoms with Gasteiger partial charge in [0.05, 0.1) is 31.1 Å². The van der Waals surface area contributed by atoms with Gasteiger partial charge in [-0.1, -0.05) is 48.5 Å². The zero-order valence-electron chi connectivity index (χ0n) is 16.4. The molecular weight excluding hydrogens is 366 g/mol. The van der Waals surface area contributed by atoms with E-state index in [0.29, 0.717) is 0 Å². The summed E-state index contributed by atoms with van der Waals surface area (Å²) in [6, 6.07) is 19.0. The Hall–Kier alpha value is -2.21. The quantitative estimate of drug-likeness (QED) is 0.684. The van der Waals surface area contributed by atoms with Crippen LogP contribution >= 0.6 is 11.3 Å². The zero-order valence-corrected chi connectivity index (χ0v) is 17.3. The number of hydrogen-bond donors (Lipinski definition) is 1. The van der Waals surface area contributed by atoms with Gasteiger partial charge >= 0.3 is 0 Å². The van der Waals surface area contributed by atoms with Crippen molar-refractivity contribution in [1.29, 1.82) is 0 Å². The maximum absolute atomic E-state index is 5.49. The maximum Gasteiger partial charge on any atom is 0.190 e. The maximum atomic E-state index is 5.49. The molecule has 0 aliphatic carbocycles. The van der Waals surface area contributed by atoms with Crippen molar-refractivity contribution < 1.29 is 9.64 Å². The van der Waals surface area contributed by atoms with Gasteiger partial charge in [-0.25, -0.2) is 4.99 Å². The molecule has 0 bridgehead atoms. The summed E-state index contributed by atoms with van der Waals surface area (Å²) in [5.41, 5.74) is 4.77. The van der Waals surface area contributed by atoms with E-state index in [1.165, 1.54) is 23.4 Å². The largest absolute Gasteiger partial charge is 0.370 e. The third-order valence-electron chi connectivity index (χ3n) is 5.31. The molecule has 1 saturated heterocycles. The van der Waals surface area contributed by atoms with Crippen molar-refractivity contribution in [3.63, 3.8) is 0 Å². The van der Waals surface area contributed by atoms with Gasteiger partial charge in [-0.05, 0) is 24.1 Å². The van der Waals surface area contributed by atoms with Crippen molar-refractivity contribution in [2.75, 3.05) is 32.8 Å². The van der Waals surface area contributed by atoms with E-state index in [0.717, 1.165) is 49.8 Å². The number of benzene rings is 2. The Morgan fingerprint density at radius 3 is 2.57 bits per heavy atom. The fourth-order valence-electron chi connectivity index (χ4n) is 3.66. The van der Waals surface area contributed by atoms with Gasteiger partial charge in [0.25, 0.3) is 0 Å².